The number of ether oxygens (including phenoxy) is 2. The molecule has 0 aromatic heterocycles. The van der Waals surface area contributed by atoms with Gasteiger partial charge in [-0.2, -0.15) is 0 Å². The number of anilines is 1. The Morgan fingerprint density at radius 3 is 2.42 bits per heavy atom. The normalized spacial score (nSPS) is 17.4. The van der Waals surface area contributed by atoms with Crippen LogP contribution in [0.25, 0.3) is 0 Å². The third-order valence-electron chi connectivity index (χ3n) is 8.10. The zero-order valence-corrected chi connectivity index (χ0v) is 22.5. The molecule has 3 amide bonds. The molecule has 3 aromatic rings. The second-order valence-corrected chi connectivity index (χ2v) is 10.5. The zero-order valence-electron chi connectivity index (χ0n) is 22.5. The first-order valence-corrected chi connectivity index (χ1v) is 13.6. The maximum absolute atomic E-state index is 14.0. The summed E-state index contributed by atoms with van der Waals surface area (Å²) in [6, 6.07) is 23.0. The fourth-order valence-corrected chi connectivity index (χ4v) is 5.87. The topological polar surface area (TPSA) is 91.4 Å². The molecule has 1 spiro atoms. The number of carbonyl (C=O) groups is 3. The van der Waals surface area contributed by atoms with Crippen molar-refractivity contribution in [2.45, 2.75) is 31.8 Å². The van der Waals surface area contributed by atoms with Crippen molar-refractivity contribution in [2.24, 2.45) is 0 Å². The Balaban J connectivity index is 1.15. The van der Waals surface area contributed by atoms with Crippen LogP contribution in [-0.2, 0) is 16.1 Å². The minimum Gasteiger partial charge on any atom is -0.454 e. The van der Waals surface area contributed by atoms with E-state index in [2.05, 4.69) is 10.2 Å². The van der Waals surface area contributed by atoms with E-state index in [1.807, 2.05) is 84.6 Å². The van der Waals surface area contributed by atoms with Gasteiger partial charge in [-0.15, -0.1) is 0 Å². The van der Waals surface area contributed by atoms with Gasteiger partial charge in [-0.05, 0) is 61.2 Å². The first kappa shape index (κ1) is 25.7. The summed E-state index contributed by atoms with van der Waals surface area (Å²) in [5.41, 5.74) is 2.64. The molecular weight excluding hydrogens is 508 g/mol. The highest BCUT2D eigenvalue weighted by atomic mass is 16.7. The Morgan fingerprint density at radius 1 is 0.925 bits per heavy atom. The SMILES string of the molecule is Cc1ccccc1C(=O)N1CCC2(CC1)C(=O)N(CC(=O)NCc1ccc3c(c1)OCO3)CN2c1ccccc1. The van der Waals surface area contributed by atoms with Gasteiger partial charge in [-0.1, -0.05) is 42.5 Å². The Hall–Kier alpha value is -4.53. The Morgan fingerprint density at radius 2 is 1.65 bits per heavy atom. The first-order chi connectivity index (χ1) is 19.4. The molecule has 3 heterocycles. The monoisotopic (exact) mass is 540 g/mol. The molecule has 9 heteroatoms. The molecule has 3 aromatic carbocycles. The van der Waals surface area contributed by atoms with Crippen LogP contribution in [0, 0.1) is 6.92 Å². The molecule has 206 valence electrons. The molecule has 0 aliphatic carbocycles. The number of hydrogen-bond donors (Lipinski definition) is 1. The molecule has 6 rings (SSSR count). The van der Waals surface area contributed by atoms with Crippen LogP contribution in [0.15, 0.2) is 72.8 Å². The molecule has 0 atom stereocenters. The molecule has 2 saturated heterocycles. The van der Waals surface area contributed by atoms with Crippen molar-refractivity contribution in [3.8, 4) is 11.5 Å². The van der Waals surface area contributed by atoms with Crippen molar-refractivity contribution in [3.05, 3.63) is 89.5 Å². The fraction of sp³-hybridized carbons (Fsp3) is 0.323. The van der Waals surface area contributed by atoms with E-state index in [9.17, 15) is 14.4 Å². The quantitative estimate of drug-likeness (QED) is 0.516. The Bertz CT molecular complexity index is 1430. The lowest BCUT2D eigenvalue weighted by molar-refractivity contribution is -0.137. The van der Waals surface area contributed by atoms with Gasteiger partial charge in [0.2, 0.25) is 12.7 Å². The van der Waals surface area contributed by atoms with Crippen LogP contribution in [0.4, 0.5) is 5.69 Å². The van der Waals surface area contributed by atoms with Gasteiger partial charge < -0.3 is 29.5 Å². The standard InChI is InChI=1S/C31H32N4O5/c1-22-7-5-6-10-25(22)29(37)33-15-13-31(14-16-33)30(38)34(20-35(31)24-8-3-2-4-9-24)19-28(36)32-18-23-11-12-26-27(17-23)40-21-39-26/h2-12,17H,13-16,18-21H2,1H3,(H,32,36). The first-order valence-electron chi connectivity index (χ1n) is 13.6. The number of fused-ring (bicyclic) bond motifs is 1. The maximum Gasteiger partial charge on any atom is 0.254 e. The van der Waals surface area contributed by atoms with E-state index in [1.165, 1.54) is 0 Å². The zero-order chi connectivity index (χ0) is 27.7. The molecule has 0 saturated carbocycles. The van der Waals surface area contributed by atoms with Crippen molar-refractivity contribution in [1.29, 1.82) is 0 Å². The van der Waals surface area contributed by atoms with Gasteiger partial charge in [0.05, 0.1) is 6.67 Å². The summed E-state index contributed by atoms with van der Waals surface area (Å²) in [4.78, 5) is 45.8. The number of aryl methyl sites for hydroxylation is 1. The summed E-state index contributed by atoms with van der Waals surface area (Å²) in [6.07, 6.45) is 0.987. The minimum atomic E-state index is -0.804. The largest absolute Gasteiger partial charge is 0.454 e. The van der Waals surface area contributed by atoms with E-state index in [4.69, 9.17) is 9.47 Å². The lowest BCUT2D eigenvalue weighted by atomic mass is 9.85. The third kappa shape index (κ3) is 4.72. The predicted molar refractivity (Wildman–Crippen MR) is 149 cm³/mol. The summed E-state index contributed by atoms with van der Waals surface area (Å²) in [5.74, 6) is 1.04. The summed E-state index contributed by atoms with van der Waals surface area (Å²) < 4.78 is 10.8. The lowest BCUT2D eigenvalue weighted by Crippen LogP contribution is -2.57. The van der Waals surface area contributed by atoms with Gasteiger partial charge in [0, 0.05) is 30.9 Å². The van der Waals surface area contributed by atoms with Crippen LogP contribution in [0.3, 0.4) is 0 Å². The number of nitrogens with zero attached hydrogens (tertiary/aromatic N) is 3. The van der Waals surface area contributed by atoms with Crippen LogP contribution in [0.2, 0.25) is 0 Å². The van der Waals surface area contributed by atoms with Gasteiger partial charge in [-0.3, -0.25) is 14.4 Å². The number of piperidine rings is 1. The molecule has 0 unspecified atom stereocenters. The van der Waals surface area contributed by atoms with Crippen molar-refractivity contribution < 1.29 is 23.9 Å². The molecule has 0 radical (unpaired) electrons. The average Bonchev–Trinajstić information content (AvgIpc) is 3.55. The molecule has 3 aliphatic rings. The van der Waals surface area contributed by atoms with Crippen LogP contribution >= 0.6 is 0 Å². The highest BCUT2D eigenvalue weighted by molar-refractivity contribution is 5.98. The highest BCUT2D eigenvalue weighted by Crippen LogP contribution is 2.40. The molecule has 2 fully saturated rings. The van der Waals surface area contributed by atoms with Crippen LogP contribution in [-0.4, -0.2) is 66.2 Å². The molecule has 9 nitrogen and oxygen atoms in total. The third-order valence-corrected chi connectivity index (χ3v) is 8.10. The van der Waals surface area contributed by atoms with Crippen molar-refractivity contribution in [1.82, 2.24) is 15.1 Å². The van der Waals surface area contributed by atoms with Crippen molar-refractivity contribution in [2.75, 3.05) is 38.0 Å². The van der Waals surface area contributed by atoms with E-state index in [-0.39, 0.29) is 31.1 Å². The average molecular weight is 541 g/mol. The summed E-state index contributed by atoms with van der Waals surface area (Å²) in [6.45, 7) is 3.65. The number of carbonyl (C=O) groups excluding carboxylic acids is 3. The predicted octanol–water partition coefficient (Wildman–Crippen LogP) is 3.32. The second kappa shape index (κ2) is 10.6. The van der Waals surface area contributed by atoms with Crippen LogP contribution in [0.1, 0.15) is 34.3 Å². The van der Waals surface area contributed by atoms with Gasteiger partial charge in [0.15, 0.2) is 11.5 Å². The smallest absolute Gasteiger partial charge is 0.254 e. The van der Waals surface area contributed by atoms with Crippen molar-refractivity contribution in [3.63, 3.8) is 0 Å². The molecule has 40 heavy (non-hydrogen) atoms. The minimum absolute atomic E-state index is 0.00981. The summed E-state index contributed by atoms with van der Waals surface area (Å²) >= 11 is 0. The van der Waals surface area contributed by atoms with Gasteiger partial charge in [0.25, 0.3) is 11.8 Å². The lowest BCUT2D eigenvalue weighted by Gasteiger charge is -2.43. The number of nitrogens with one attached hydrogen (secondary N) is 1. The van der Waals surface area contributed by atoms with Gasteiger partial charge >= 0.3 is 0 Å². The summed E-state index contributed by atoms with van der Waals surface area (Å²) in [5, 5.41) is 2.93. The number of para-hydroxylation sites is 1. The number of rotatable bonds is 6. The summed E-state index contributed by atoms with van der Waals surface area (Å²) in [7, 11) is 0. The van der Waals surface area contributed by atoms with Gasteiger partial charge in [-0.25, -0.2) is 0 Å². The molecule has 0 bridgehead atoms. The van der Waals surface area contributed by atoms with E-state index in [0.717, 1.165) is 16.8 Å². The van der Waals surface area contributed by atoms with E-state index in [1.54, 1.807) is 4.90 Å². The van der Waals surface area contributed by atoms with E-state index in [0.29, 0.717) is 56.2 Å². The molecular formula is C31H32N4O5. The highest BCUT2D eigenvalue weighted by Gasteiger charge is 2.54. The van der Waals surface area contributed by atoms with Crippen LogP contribution in [0.5, 0.6) is 11.5 Å². The Labute approximate surface area is 233 Å². The van der Waals surface area contributed by atoms with E-state index >= 15 is 0 Å². The maximum atomic E-state index is 14.0. The van der Waals surface area contributed by atoms with E-state index < -0.39 is 5.54 Å². The number of hydrogen-bond acceptors (Lipinski definition) is 6. The Kier molecular flexibility index (Phi) is 6.79. The van der Waals surface area contributed by atoms with Gasteiger partial charge in [0.1, 0.15) is 12.1 Å². The number of benzene rings is 3. The van der Waals surface area contributed by atoms with Crippen LogP contribution < -0.4 is 19.7 Å². The molecule has 1 N–H and O–H groups in total. The fourth-order valence-electron chi connectivity index (χ4n) is 5.87. The second-order valence-electron chi connectivity index (χ2n) is 10.5. The number of likely N-dealkylation sites (tertiary alicyclic amines) is 1. The number of amides is 3. The van der Waals surface area contributed by atoms with Crippen molar-refractivity contribution >= 4 is 23.4 Å². The molecule has 3 aliphatic heterocycles.